The third-order valence-electron chi connectivity index (χ3n) is 13.4. The Morgan fingerprint density at radius 3 is 1.21 bits per heavy atom. The minimum atomic E-state index is -0.910. The van der Waals surface area contributed by atoms with Crippen LogP contribution in [0.25, 0.3) is 56.4 Å². The molecule has 11 aromatic rings. The molecule has 3 heterocycles. The zero-order chi connectivity index (χ0) is 46.4. The van der Waals surface area contributed by atoms with Crippen LogP contribution in [-0.4, -0.2) is 15.0 Å². The molecule has 2 aliphatic rings. The average molecular weight is 899 g/mol. The number of rotatable bonds is 8. The van der Waals surface area contributed by atoms with Gasteiger partial charge in [-0.1, -0.05) is 182 Å². The lowest BCUT2D eigenvalue weighted by molar-refractivity contribution is 0.399. The van der Waals surface area contributed by atoms with Crippen LogP contribution >= 0.6 is 0 Å². The summed E-state index contributed by atoms with van der Waals surface area (Å²) in [6.07, 6.45) is 0. The molecule has 1 spiro atoms. The van der Waals surface area contributed by atoms with Gasteiger partial charge in [0, 0.05) is 56.0 Å². The third-order valence-corrected chi connectivity index (χ3v) is 13.4. The normalized spacial score (nSPS) is 12.6. The van der Waals surface area contributed by atoms with Crippen molar-refractivity contribution in [3.63, 3.8) is 0 Å². The highest BCUT2D eigenvalue weighted by Crippen LogP contribution is 2.62. The zero-order valence-electron chi connectivity index (χ0n) is 37.9. The molecule has 70 heavy (non-hydrogen) atoms. The van der Waals surface area contributed by atoms with Gasteiger partial charge in [-0.3, -0.25) is 0 Å². The maximum atomic E-state index is 7.09. The highest BCUT2D eigenvalue weighted by atomic mass is 16.5. The summed E-state index contributed by atoms with van der Waals surface area (Å²) in [6.45, 7) is 0. The summed E-state index contributed by atoms with van der Waals surface area (Å²) in [4.78, 5) is 17.7. The van der Waals surface area contributed by atoms with Crippen LogP contribution in [0.4, 0.5) is 17.1 Å². The lowest BCUT2D eigenvalue weighted by Crippen LogP contribution is -2.37. The maximum absolute atomic E-state index is 7.09. The predicted octanol–water partition coefficient (Wildman–Crippen LogP) is 16.3. The highest BCUT2D eigenvalue weighted by Gasteiger charge is 2.51. The fourth-order valence-corrected chi connectivity index (χ4v) is 10.2. The monoisotopic (exact) mass is 898 g/mol. The van der Waals surface area contributed by atoms with Gasteiger partial charge in [0.1, 0.15) is 23.0 Å². The number of nitrogens with zero attached hydrogens (tertiary/aromatic N) is 4. The molecule has 6 heteroatoms. The van der Waals surface area contributed by atoms with Crippen molar-refractivity contribution in [3.8, 4) is 79.4 Å². The van der Waals surface area contributed by atoms with Crippen LogP contribution < -0.4 is 14.4 Å². The molecule has 0 fully saturated rings. The first-order valence-corrected chi connectivity index (χ1v) is 23.5. The first kappa shape index (κ1) is 40.8. The van der Waals surface area contributed by atoms with Crippen LogP contribution in [0.2, 0.25) is 0 Å². The van der Waals surface area contributed by atoms with Gasteiger partial charge < -0.3 is 14.4 Å². The van der Waals surface area contributed by atoms with E-state index in [0.29, 0.717) is 17.5 Å². The number of para-hydroxylation sites is 2. The van der Waals surface area contributed by atoms with E-state index in [9.17, 15) is 0 Å². The molecule has 6 nitrogen and oxygen atoms in total. The SMILES string of the molecule is c1ccc(-c2ccc(N(c3cccc(-c4ccccc4)c3)c3ccc4c(c3)C3(c5ccccc5Oc5ccccc53)c3cc(-c5nc(-c6ccccc6)nc(-c6ccccc6)n5)ccc3O4)cc2)cc1. The molecule has 0 radical (unpaired) electrons. The van der Waals surface area contributed by atoms with Crippen molar-refractivity contribution >= 4 is 17.1 Å². The van der Waals surface area contributed by atoms with Gasteiger partial charge in [0.15, 0.2) is 17.5 Å². The van der Waals surface area contributed by atoms with E-state index < -0.39 is 5.41 Å². The first-order chi connectivity index (χ1) is 34.7. The first-order valence-electron chi connectivity index (χ1n) is 23.5. The van der Waals surface area contributed by atoms with Crippen LogP contribution in [0.3, 0.4) is 0 Å². The molecule has 0 saturated heterocycles. The van der Waals surface area contributed by atoms with Gasteiger partial charge in [-0.15, -0.1) is 0 Å². The molecule has 0 bridgehead atoms. The van der Waals surface area contributed by atoms with Crippen LogP contribution in [0.15, 0.2) is 255 Å². The molecule has 10 aromatic carbocycles. The van der Waals surface area contributed by atoms with E-state index in [4.69, 9.17) is 24.4 Å². The van der Waals surface area contributed by atoms with E-state index in [1.807, 2.05) is 72.8 Å². The van der Waals surface area contributed by atoms with Crippen molar-refractivity contribution < 1.29 is 9.47 Å². The molecular formula is C64H42N4O2. The van der Waals surface area contributed by atoms with Crippen molar-refractivity contribution in [3.05, 3.63) is 277 Å². The fourth-order valence-electron chi connectivity index (χ4n) is 10.2. The molecule has 0 N–H and O–H groups in total. The van der Waals surface area contributed by atoms with Gasteiger partial charge in [-0.05, 0) is 95.1 Å². The lowest BCUT2D eigenvalue weighted by Gasteiger charge is -2.45. The van der Waals surface area contributed by atoms with Crippen molar-refractivity contribution in [1.29, 1.82) is 0 Å². The Morgan fingerprint density at radius 1 is 0.257 bits per heavy atom. The van der Waals surface area contributed by atoms with Crippen molar-refractivity contribution in [1.82, 2.24) is 15.0 Å². The smallest absolute Gasteiger partial charge is 0.164 e. The van der Waals surface area contributed by atoms with E-state index in [1.165, 1.54) is 5.56 Å². The molecule has 1 aromatic heterocycles. The van der Waals surface area contributed by atoms with Crippen LogP contribution in [0, 0.1) is 0 Å². The Bertz CT molecular complexity index is 3610. The van der Waals surface area contributed by atoms with Gasteiger partial charge in [-0.2, -0.15) is 0 Å². The molecule has 0 unspecified atom stereocenters. The molecular weight excluding hydrogens is 857 g/mol. The van der Waals surface area contributed by atoms with Gasteiger partial charge in [0.2, 0.25) is 0 Å². The Kier molecular flexibility index (Phi) is 9.95. The van der Waals surface area contributed by atoms with E-state index >= 15 is 0 Å². The third kappa shape index (κ3) is 7.01. The Labute approximate surface area is 406 Å². The highest BCUT2D eigenvalue weighted by molar-refractivity contribution is 5.85. The topological polar surface area (TPSA) is 60.4 Å². The quantitative estimate of drug-likeness (QED) is 0.151. The van der Waals surface area contributed by atoms with Gasteiger partial charge in [0.05, 0.1) is 5.41 Å². The fraction of sp³-hybridized carbons (Fsp3) is 0.0156. The van der Waals surface area contributed by atoms with Gasteiger partial charge in [-0.25, -0.2) is 15.0 Å². The maximum Gasteiger partial charge on any atom is 0.164 e. The van der Waals surface area contributed by atoms with Crippen LogP contribution in [0.1, 0.15) is 22.3 Å². The largest absolute Gasteiger partial charge is 0.457 e. The summed E-state index contributed by atoms with van der Waals surface area (Å²) >= 11 is 0. The Balaban J connectivity index is 1.04. The lowest BCUT2D eigenvalue weighted by atomic mass is 9.62. The molecule has 0 saturated carbocycles. The number of aromatic nitrogens is 3. The summed E-state index contributed by atoms with van der Waals surface area (Å²) in [5.41, 5.74) is 13.3. The van der Waals surface area contributed by atoms with Crippen LogP contribution in [0.5, 0.6) is 23.0 Å². The number of hydrogen-bond donors (Lipinski definition) is 0. The predicted molar refractivity (Wildman–Crippen MR) is 280 cm³/mol. The van der Waals surface area contributed by atoms with Crippen LogP contribution in [-0.2, 0) is 5.41 Å². The van der Waals surface area contributed by atoms with Crippen molar-refractivity contribution in [2.75, 3.05) is 4.90 Å². The Hall–Kier alpha value is -9.39. The minimum Gasteiger partial charge on any atom is -0.457 e. The number of hydrogen-bond acceptors (Lipinski definition) is 6. The Morgan fingerprint density at radius 2 is 0.643 bits per heavy atom. The summed E-state index contributed by atoms with van der Waals surface area (Å²) in [5.74, 6) is 4.79. The second-order valence-electron chi connectivity index (χ2n) is 17.5. The molecule has 0 amide bonds. The zero-order valence-corrected chi connectivity index (χ0v) is 37.9. The van der Waals surface area contributed by atoms with E-state index in [2.05, 4.69) is 187 Å². The van der Waals surface area contributed by atoms with E-state index in [-0.39, 0.29) is 0 Å². The summed E-state index contributed by atoms with van der Waals surface area (Å²) in [5, 5.41) is 0. The van der Waals surface area contributed by atoms with Crippen molar-refractivity contribution in [2.45, 2.75) is 5.41 Å². The molecule has 0 aliphatic carbocycles. The van der Waals surface area contributed by atoms with Gasteiger partial charge >= 0.3 is 0 Å². The van der Waals surface area contributed by atoms with Crippen molar-refractivity contribution in [2.24, 2.45) is 0 Å². The molecule has 2 aliphatic heterocycles. The van der Waals surface area contributed by atoms with E-state index in [1.54, 1.807) is 0 Å². The number of benzene rings is 10. The summed E-state index contributed by atoms with van der Waals surface area (Å²) in [7, 11) is 0. The average Bonchev–Trinajstić information content (AvgIpc) is 3.44. The second kappa shape index (κ2) is 17.0. The van der Waals surface area contributed by atoms with E-state index in [0.717, 1.165) is 95.7 Å². The minimum absolute atomic E-state index is 0.558. The second-order valence-corrected chi connectivity index (χ2v) is 17.5. The summed E-state index contributed by atoms with van der Waals surface area (Å²) < 4.78 is 13.9. The molecule has 13 rings (SSSR count). The number of anilines is 3. The standard InChI is InChI=1S/C64H42N4O2/c1-5-18-43(19-6-1)45-32-35-50(36-33-45)68(51-27-17-26-48(40-51)44-20-7-2-8-21-44)52-37-39-60-56(42-52)64(53-28-13-15-30-57(53)69-58-31-16-14-29-54(58)64)55-41-49(34-38-59(55)70-60)63-66-61(46-22-9-3-10-23-46)65-62(67-63)47-24-11-4-12-25-47/h1-42H. The number of fused-ring (bicyclic) bond motifs is 8. The molecule has 0 atom stereocenters. The summed E-state index contributed by atoms with van der Waals surface area (Å²) in [6, 6.07) is 88.6. The van der Waals surface area contributed by atoms with Gasteiger partial charge in [0.25, 0.3) is 0 Å². The number of ether oxygens (including phenoxy) is 2. The molecule has 330 valence electrons.